The van der Waals surface area contributed by atoms with Gasteiger partial charge in [-0.25, -0.2) is 4.68 Å². The predicted molar refractivity (Wildman–Crippen MR) is 113 cm³/mol. The number of nitrogens with zero attached hydrogens (tertiary/aromatic N) is 2. The summed E-state index contributed by atoms with van der Waals surface area (Å²) >= 11 is 1.60. The van der Waals surface area contributed by atoms with E-state index in [1.54, 1.807) is 42.7 Å². The number of ether oxygens (including phenoxy) is 2. The van der Waals surface area contributed by atoms with Gasteiger partial charge in [0.1, 0.15) is 17.2 Å². The summed E-state index contributed by atoms with van der Waals surface area (Å²) in [5.74, 6) is 1.29. The molecule has 1 aliphatic rings. The molecule has 0 fully saturated rings. The number of thiophene rings is 1. The van der Waals surface area contributed by atoms with Crippen molar-refractivity contribution in [3.63, 3.8) is 0 Å². The Labute approximate surface area is 171 Å². The molecular formula is C23H16N2O3S. The third-order valence-corrected chi connectivity index (χ3v) is 5.56. The lowest BCUT2D eigenvalue weighted by molar-refractivity contribution is 0.101. The lowest BCUT2D eigenvalue weighted by atomic mass is 10.1. The fourth-order valence-corrected chi connectivity index (χ4v) is 3.98. The SMILES string of the molecule is COc1ccc2c(c1)O/C(=C\c1cn(-c3ccccc3)nc1-c1cccs1)C2=O. The van der Waals surface area contributed by atoms with E-state index in [0.29, 0.717) is 17.1 Å². The van der Waals surface area contributed by atoms with Crippen LogP contribution in [-0.2, 0) is 0 Å². The summed E-state index contributed by atoms with van der Waals surface area (Å²) in [4.78, 5) is 13.8. The van der Waals surface area contributed by atoms with Crippen LogP contribution < -0.4 is 9.47 Å². The highest BCUT2D eigenvalue weighted by Crippen LogP contribution is 2.36. The van der Waals surface area contributed by atoms with E-state index < -0.39 is 0 Å². The molecule has 0 unspecified atom stereocenters. The summed E-state index contributed by atoms with van der Waals surface area (Å²) in [5.41, 5.74) is 3.10. The fourth-order valence-electron chi connectivity index (χ4n) is 3.25. The van der Waals surface area contributed by atoms with Gasteiger partial charge >= 0.3 is 0 Å². The minimum absolute atomic E-state index is 0.146. The molecule has 0 radical (unpaired) electrons. The fraction of sp³-hybridized carbons (Fsp3) is 0.0435. The molecule has 4 aromatic rings. The molecule has 142 valence electrons. The molecule has 0 atom stereocenters. The van der Waals surface area contributed by atoms with Crippen LogP contribution in [0.3, 0.4) is 0 Å². The number of para-hydroxylation sites is 1. The van der Waals surface area contributed by atoms with Crippen molar-refractivity contribution < 1.29 is 14.3 Å². The number of carbonyl (C=O) groups is 1. The number of allylic oxidation sites excluding steroid dienone is 1. The molecule has 0 N–H and O–H groups in total. The van der Waals surface area contributed by atoms with E-state index in [9.17, 15) is 4.79 Å². The van der Waals surface area contributed by atoms with Crippen molar-refractivity contribution in [2.75, 3.05) is 7.11 Å². The van der Waals surface area contributed by atoms with E-state index in [-0.39, 0.29) is 11.5 Å². The Balaban J connectivity index is 1.59. The predicted octanol–water partition coefficient (Wildman–Crippen LogP) is 5.23. The topological polar surface area (TPSA) is 53.4 Å². The Bertz CT molecular complexity index is 1220. The van der Waals surface area contributed by atoms with Crippen LogP contribution in [0.15, 0.2) is 78.0 Å². The number of carbonyl (C=O) groups excluding carboxylic acids is 1. The van der Waals surface area contributed by atoms with Gasteiger partial charge < -0.3 is 9.47 Å². The number of rotatable bonds is 4. The molecule has 2 aromatic heterocycles. The lowest BCUT2D eigenvalue weighted by Crippen LogP contribution is -1.98. The van der Waals surface area contributed by atoms with Gasteiger partial charge in [0.25, 0.3) is 0 Å². The van der Waals surface area contributed by atoms with Gasteiger partial charge in [0.2, 0.25) is 5.78 Å². The monoisotopic (exact) mass is 400 g/mol. The van der Waals surface area contributed by atoms with E-state index in [4.69, 9.17) is 14.6 Å². The molecule has 0 spiro atoms. The van der Waals surface area contributed by atoms with Crippen molar-refractivity contribution in [2.45, 2.75) is 0 Å². The molecule has 0 saturated carbocycles. The molecule has 0 bridgehead atoms. The van der Waals surface area contributed by atoms with Crippen molar-refractivity contribution in [1.29, 1.82) is 0 Å². The minimum Gasteiger partial charge on any atom is -0.497 e. The summed E-state index contributed by atoms with van der Waals surface area (Å²) in [6, 6.07) is 19.1. The average Bonchev–Trinajstić information content (AvgIpc) is 3.49. The van der Waals surface area contributed by atoms with Gasteiger partial charge in [-0.1, -0.05) is 24.3 Å². The first-order chi connectivity index (χ1) is 14.2. The van der Waals surface area contributed by atoms with Crippen LogP contribution in [0.4, 0.5) is 0 Å². The molecule has 0 saturated heterocycles. The Morgan fingerprint density at radius 2 is 1.97 bits per heavy atom. The van der Waals surface area contributed by atoms with Crippen molar-refractivity contribution >= 4 is 23.2 Å². The Hall–Kier alpha value is -3.64. The largest absolute Gasteiger partial charge is 0.497 e. The Kier molecular flexibility index (Phi) is 4.26. The van der Waals surface area contributed by atoms with Crippen molar-refractivity contribution in [3.05, 3.63) is 89.1 Å². The molecule has 5 nitrogen and oxygen atoms in total. The van der Waals surface area contributed by atoms with Crippen LogP contribution in [0.5, 0.6) is 11.5 Å². The highest BCUT2D eigenvalue weighted by molar-refractivity contribution is 7.13. The molecule has 0 aliphatic carbocycles. The van der Waals surface area contributed by atoms with E-state index >= 15 is 0 Å². The molecule has 5 rings (SSSR count). The molecule has 0 amide bonds. The summed E-state index contributed by atoms with van der Waals surface area (Å²) in [5, 5.41) is 6.77. The smallest absolute Gasteiger partial charge is 0.231 e. The van der Waals surface area contributed by atoms with Crippen LogP contribution in [0, 0.1) is 0 Å². The summed E-state index contributed by atoms with van der Waals surface area (Å²) in [7, 11) is 1.58. The summed E-state index contributed by atoms with van der Waals surface area (Å²) < 4.78 is 12.9. The Morgan fingerprint density at radius 3 is 2.72 bits per heavy atom. The third kappa shape index (κ3) is 3.13. The van der Waals surface area contributed by atoms with Gasteiger partial charge in [-0.05, 0) is 41.8 Å². The maximum absolute atomic E-state index is 12.8. The maximum atomic E-state index is 12.8. The second kappa shape index (κ2) is 7.07. The van der Waals surface area contributed by atoms with Crippen LogP contribution in [0.25, 0.3) is 22.3 Å². The van der Waals surface area contributed by atoms with Gasteiger partial charge in [0.05, 0.1) is 23.2 Å². The number of hydrogen-bond acceptors (Lipinski definition) is 5. The first-order valence-electron chi connectivity index (χ1n) is 9.04. The number of methoxy groups -OCH3 is 1. The zero-order valence-electron chi connectivity index (χ0n) is 15.5. The number of hydrogen-bond donors (Lipinski definition) is 0. The van der Waals surface area contributed by atoms with Gasteiger partial charge in [0, 0.05) is 17.8 Å². The third-order valence-electron chi connectivity index (χ3n) is 4.68. The van der Waals surface area contributed by atoms with Gasteiger partial charge in [-0.2, -0.15) is 5.10 Å². The number of ketones is 1. The zero-order chi connectivity index (χ0) is 19.8. The highest BCUT2D eigenvalue weighted by Gasteiger charge is 2.28. The number of aromatic nitrogens is 2. The second-order valence-electron chi connectivity index (χ2n) is 6.49. The van der Waals surface area contributed by atoms with E-state index in [0.717, 1.165) is 21.8 Å². The van der Waals surface area contributed by atoms with Crippen LogP contribution in [0.2, 0.25) is 0 Å². The number of benzene rings is 2. The number of Topliss-reactive ketones (excluding diaryl/α,β-unsaturated/α-hetero) is 1. The Morgan fingerprint density at radius 1 is 1.10 bits per heavy atom. The highest BCUT2D eigenvalue weighted by atomic mass is 32.1. The van der Waals surface area contributed by atoms with Gasteiger partial charge in [-0.15, -0.1) is 11.3 Å². The van der Waals surface area contributed by atoms with Gasteiger partial charge in [0.15, 0.2) is 5.76 Å². The lowest BCUT2D eigenvalue weighted by Gasteiger charge is -2.01. The maximum Gasteiger partial charge on any atom is 0.231 e. The van der Waals surface area contributed by atoms with Crippen LogP contribution >= 0.6 is 11.3 Å². The van der Waals surface area contributed by atoms with Crippen LogP contribution in [-0.4, -0.2) is 22.7 Å². The first-order valence-corrected chi connectivity index (χ1v) is 9.92. The molecule has 3 heterocycles. The van der Waals surface area contributed by atoms with Crippen molar-refractivity contribution in [2.24, 2.45) is 0 Å². The molecule has 6 heteroatoms. The molecular weight excluding hydrogens is 384 g/mol. The van der Waals surface area contributed by atoms with Crippen molar-refractivity contribution in [1.82, 2.24) is 9.78 Å². The summed E-state index contributed by atoms with van der Waals surface area (Å²) in [6.45, 7) is 0. The standard InChI is InChI=1S/C23H16N2O3S/c1-27-17-9-10-18-19(13-17)28-20(23(18)26)12-15-14-25(16-6-3-2-4-7-16)24-22(15)21-8-5-11-29-21/h2-14H,1H3/b20-12-. The van der Waals surface area contributed by atoms with Crippen LogP contribution in [0.1, 0.15) is 15.9 Å². The van der Waals surface area contributed by atoms with Gasteiger partial charge in [-0.3, -0.25) is 4.79 Å². The van der Waals surface area contributed by atoms with E-state index in [1.807, 2.05) is 58.7 Å². The second-order valence-corrected chi connectivity index (χ2v) is 7.44. The molecule has 1 aliphatic heterocycles. The molecule has 29 heavy (non-hydrogen) atoms. The zero-order valence-corrected chi connectivity index (χ0v) is 16.3. The van der Waals surface area contributed by atoms with E-state index in [1.165, 1.54) is 0 Å². The van der Waals surface area contributed by atoms with E-state index in [2.05, 4.69) is 0 Å². The summed E-state index contributed by atoms with van der Waals surface area (Å²) in [6.07, 6.45) is 3.67. The first kappa shape index (κ1) is 17.5. The molecule has 2 aromatic carbocycles. The van der Waals surface area contributed by atoms with Crippen molar-refractivity contribution in [3.8, 4) is 27.8 Å². The quantitative estimate of drug-likeness (QED) is 0.441. The minimum atomic E-state index is -0.146. The average molecular weight is 400 g/mol. The number of fused-ring (bicyclic) bond motifs is 1. The normalized spacial score (nSPS) is 14.1.